The number of benzene rings is 1. The minimum atomic E-state index is -3.60. The second kappa shape index (κ2) is 8.72. The van der Waals surface area contributed by atoms with E-state index in [-0.39, 0.29) is 16.7 Å². The van der Waals surface area contributed by atoms with E-state index in [9.17, 15) is 18.5 Å². The lowest BCUT2D eigenvalue weighted by atomic mass is 9.92. The maximum Gasteiger partial charge on any atom is 0.354 e. The minimum Gasteiger partial charge on any atom is -0.385 e. The van der Waals surface area contributed by atoms with Crippen LogP contribution in [0.3, 0.4) is 0 Å². The van der Waals surface area contributed by atoms with Crippen molar-refractivity contribution in [2.24, 2.45) is 9.50 Å². The van der Waals surface area contributed by atoms with Crippen molar-refractivity contribution in [2.45, 2.75) is 63.9 Å². The second-order valence-corrected chi connectivity index (χ2v) is 10.0. The van der Waals surface area contributed by atoms with Crippen LogP contribution in [-0.4, -0.2) is 15.3 Å². The van der Waals surface area contributed by atoms with E-state index in [0.717, 1.165) is 0 Å². The molecule has 2 rings (SSSR count). The second-order valence-electron chi connectivity index (χ2n) is 8.28. The fourth-order valence-corrected chi connectivity index (χ4v) is 3.76. The number of rotatable bonds is 5. The monoisotopic (exact) mass is 433 g/mol. The van der Waals surface area contributed by atoms with Gasteiger partial charge in [-0.2, -0.15) is 0 Å². The summed E-state index contributed by atoms with van der Waals surface area (Å²) >= 11 is 0. The third-order valence-electron chi connectivity index (χ3n) is 4.55. The average Bonchev–Trinajstić information content (AvgIpc) is 2.61. The third-order valence-corrected chi connectivity index (χ3v) is 5.86. The van der Waals surface area contributed by atoms with Gasteiger partial charge in [0.1, 0.15) is 10.7 Å². The molecule has 0 spiro atoms. The van der Waals surface area contributed by atoms with Crippen LogP contribution in [0.25, 0.3) is 0 Å². The number of hydrogen-bond acceptors (Lipinski definition) is 3. The van der Waals surface area contributed by atoms with E-state index in [0.29, 0.717) is 22.4 Å². The molecule has 0 aliphatic rings. The van der Waals surface area contributed by atoms with E-state index >= 15 is 0 Å². The van der Waals surface area contributed by atoms with Gasteiger partial charge in [0.25, 0.3) is 0 Å². The zero-order chi connectivity index (χ0) is 22.9. The number of hydrogen-bond donors (Lipinski definition) is 3. The van der Waals surface area contributed by atoms with Crippen molar-refractivity contribution in [1.82, 2.24) is 0 Å². The molecule has 2 aromatic rings. The first-order valence-electron chi connectivity index (χ1n) is 9.58. The molecule has 30 heavy (non-hydrogen) atoms. The molecule has 4 N–H and O–H groups in total. The van der Waals surface area contributed by atoms with Crippen molar-refractivity contribution in [3.8, 4) is 0 Å². The van der Waals surface area contributed by atoms with Crippen LogP contribution < -0.4 is 10.5 Å². The van der Waals surface area contributed by atoms with Crippen LogP contribution in [0.4, 0.5) is 14.9 Å². The van der Waals surface area contributed by atoms with Crippen molar-refractivity contribution in [3.63, 3.8) is 0 Å². The summed E-state index contributed by atoms with van der Waals surface area (Å²) in [5.74, 6) is -0.516. The normalized spacial score (nSPS) is 13.7. The molecule has 0 saturated heterocycles. The molecule has 0 aromatic heterocycles. The quantitative estimate of drug-likeness (QED) is 0.629. The van der Waals surface area contributed by atoms with E-state index in [2.05, 4.69) is 21.8 Å². The summed E-state index contributed by atoms with van der Waals surface area (Å²) in [5, 5.41) is 18.4. The fraction of sp³-hybridized carbons (Fsp3) is 0.409. The van der Waals surface area contributed by atoms with E-state index < -0.39 is 27.4 Å². The lowest BCUT2D eigenvalue weighted by Crippen LogP contribution is -2.19. The van der Waals surface area contributed by atoms with Crippen molar-refractivity contribution >= 4 is 21.6 Å². The number of halogens is 1. The number of nitrogens with zero attached hydrogens (tertiary/aromatic N) is 1. The lowest BCUT2D eigenvalue weighted by Gasteiger charge is -2.20. The van der Waals surface area contributed by atoms with Crippen LogP contribution in [0, 0.1) is 17.9 Å². The lowest BCUT2D eigenvalue weighted by molar-refractivity contribution is 0.0785. The molecule has 2 amide bonds. The van der Waals surface area contributed by atoms with Crippen molar-refractivity contribution in [3.05, 3.63) is 58.9 Å². The number of urea groups is 1. The largest absolute Gasteiger partial charge is 0.385 e. The van der Waals surface area contributed by atoms with Gasteiger partial charge < -0.3 is 10.4 Å². The van der Waals surface area contributed by atoms with Gasteiger partial charge in [0.15, 0.2) is 9.92 Å². The Labute approximate surface area is 178 Å². The van der Waals surface area contributed by atoms with Gasteiger partial charge in [0.2, 0.25) is 0 Å². The summed E-state index contributed by atoms with van der Waals surface area (Å²) in [4.78, 5) is 12.6. The van der Waals surface area contributed by atoms with Crippen LogP contribution in [0.2, 0.25) is 0 Å². The Kier molecular flexibility index (Phi) is 6.92. The molecule has 2 aromatic carbocycles. The van der Waals surface area contributed by atoms with E-state index in [1.54, 1.807) is 13.8 Å². The average molecular weight is 434 g/mol. The van der Waals surface area contributed by atoms with Crippen LogP contribution >= 0.6 is 0 Å². The molecule has 0 bridgehead atoms. The van der Waals surface area contributed by atoms with Crippen molar-refractivity contribution < 1.29 is 18.5 Å². The smallest absolute Gasteiger partial charge is 0.354 e. The zero-order valence-corrected chi connectivity index (χ0v) is 18.9. The van der Waals surface area contributed by atoms with Crippen molar-refractivity contribution in [1.29, 1.82) is 0 Å². The topological polar surface area (TPSA) is 105 Å². The number of aliphatic hydroxyl groups is 1. The van der Waals surface area contributed by atoms with Gasteiger partial charge in [-0.3, -0.25) is 0 Å². The Morgan fingerprint density at radius 1 is 1.17 bits per heavy atom. The Morgan fingerprint density at radius 2 is 1.70 bits per heavy atom. The number of carbonyl (C=O) groups is 1. The van der Waals surface area contributed by atoms with E-state index in [1.807, 2.05) is 27.7 Å². The van der Waals surface area contributed by atoms with Gasteiger partial charge in [-0.25, -0.2) is 18.5 Å². The van der Waals surface area contributed by atoms with Crippen molar-refractivity contribution in [2.75, 3.05) is 5.32 Å². The van der Waals surface area contributed by atoms with Gasteiger partial charge >= 0.3 is 6.03 Å². The highest BCUT2D eigenvalue weighted by Gasteiger charge is 2.20. The standard InChI is InChI=1S/C22H28FN3O3S/c1-13(2)18-11-16(23)12-19(14(3)4)20(18)25-21(27)26-30(24,29)17-9-7-15(8-10-17)22(5,6)28/h7,9,11-14,28H,1-6H3,(H3,24,25,26,27,29). The first-order chi connectivity index (χ1) is 13.7. The molecule has 0 aliphatic heterocycles. The van der Waals surface area contributed by atoms with Gasteiger partial charge in [-0.05, 0) is 67.1 Å². The molecule has 8 heteroatoms. The maximum absolute atomic E-state index is 14.0. The number of nitrogens with one attached hydrogen (secondary N) is 1. The van der Waals surface area contributed by atoms with Crippen LogP contribution in [0.1, 0.15) is 70.1 Å². The van der Waals surface area contributed by atoms with E-state index in [1.165, 1.54) is 24.3 Å². The summed E-state index contributed by atoms with van der Waals surface area (Å²) in [5.41, 5.74) is 0.946. The van der Waals surface area contributed by atoms with Gasteiger partial charge in [0, 0.05) is 11.3 Å². The van der Waals surface area contributed by atoms with Gasteiger partial charge in [0.05, 0.1) is 5.60 Å². The summed E-state index contributed by atoms with van der Waals surface area (Å²) < 4.78 is 30.5. The molecular formula is C22H28FN3O3S. The highest BCUT2D eigenvalue weighted by molar-refractivity contribution is 7.91. The van der Waals surface area contributed by atoms with Crippen LogP contribution in [0.15, 0.2) is 33.5 Å². The minimum absolute atomic E-state index is 0.0158. The summed E-state index contributed by atoms with van der Waals surface area (Å²) in [6.07, 6.45) is 0. The number of carbonyl (C=O) groups excluding carboxylic acids is 1. The summed E-state index contributed by atoms with van der Waals surface area (Å²) in [7, 11) is -3.60. The van der Waals surface area contributed by atoms with Gasteiger partial charge in [-0.15, -0.1) is 4.36 Å². The molecule has 0 aliphatic carbocycles. The molecule has 0 saturated carbocycles. The predicted octanol–water partition coefficient (Wildman–Crippen LogP) is 4.83. The molecular weight excluding hydrogens is 405 g/mol. The number of nitrogens with two attached hydrogens (primary N) is 1. The Hall–Kier alpha value is -2.47. The number of anilines is 1. The molecule has 0 radical (unpaired) electrons. The first kappa shape index (κ1) is 23.8. The molecule has 6 nitrogen and oxygen atoms in total. The molecule has 1 unspecified atom stereocenters. The zero-order valence-electron chi connectivity index (χ0n) is 18.0. The third kappa shape index (κ3) is 5.57. The predicted molar refractivity (Wildman–Crippen MR) is 116 cm³/mol. The maximum atomic E-state index is 14.0. The first-order valence-corrected chi connectivity index (χ1v) is 11.2. The van der Waals surface area contributed by atoms with Gasteiger partial charge in [-0.1, -0.05) is 33.8 Å². The molecule has 162 valence electrons. The number of amides is 2. The summed E-state index contributed by atoms with van der Waals surface area (Å²) in [6.45, 7) is 10.7. The van der Waals surface area contributed by atoms with Crippen LogP contribution in [-0.2, 0) is 15.5 Å². The Balaban J connectivity index is 2.43. The van der Waals surface area contributed by atoms with E-state index in [4.69, 9.17) is 5.14 Å². The highest BCUT2D eigenvalue weighted by atomic mass is 32.2. The van der Waals surface area contributed by atoms with Crippen LogP contribution in [0.5, 0.6) is 0 Å². The SMILES string of the molecule is CC(C)c1cc(F)cc(C(C)C)c1NC(=O)N=S(N)(=O)c1c#cc(C(C)(C)O)cc1. The molecule has 0 fully saturated rings. The summed E-state index contributed by atoms with van der Waals surface area (Å²) in [6, 6.07) is 10.0. The Bertz CT molecular complexity index is 1020. The molecule has 0 heterocycles. The molecule has 1 atom stereocenters. The fourth-order valence-electron chi connectivity index (χ4n) is 2.91. The highest BCUT2D eigenvalue weighted by Crippen LogP contribution is 2.33. The Morgan fingerprint density at radius 3 is 2.10 bits per heavy atom.